The van der Waals surface area contributed by atoms with Gasteiger partial charge in [0.25, 0.3) is 0 Å². The number of pyridine rings is 1. The maximum absolute atomic E-state index is 4.36. The van der Waals surface area contributed by atoms with Gasteiger partial charge in [0.05, 0.1) is 5.69 Å². The van der Waals surface area contributed by atoms with Crippen molar-refractivity contribution in [2.24, 2.45) is 5.92 Å². The van der Waals surface area contributed by atoms with Crippen molar-refractivity contribution in [2.75, 3.05) is 24.5 Å². The van der Waals surface area contributed by atoms with E-state index in [1.54, 1.807) is 23.7 Å². The van der Waals surface area contributed by atoms with E-state index in [-0.39, 0.29) is 0 Å². The topological polar surface area (TPSA) is 66.8 Å². The number of aromatic nitrogens is 4. The molecule has 0 saturated carbocycles. The smallest absolute Gasteiger partial charge is 0.151 e. The first-order valence-electron chi connectivity index (χ1n) is 7.96. The van der Waals surface area contributed by atoms with E-state index in [2.05, 4.69) is 30.4 Å². The Hall–Kier alpha value is -2.38. The van der Waals surface area contributed by atoms with E-state index < -0.39 is 0 Å². The lowest BCUT2D eigenvalue weighted by molar-refractivity contribution is 0.381. The summed E-state index contributed by atoms with van der Waals surface area (Å²) >= 11 is 1.69. The van der Waals surface area contributed by atoms with Crippen molar-refractivity contribution in [1.82, 2.24) is 25.5 Å². The molecule has 1 fully saturated rings. The number of hydrogen-bond acceptors (Lipinski definition) is 7. The van der Waals surface area contributed by atoms with Gasteiger partial charge in [0.15, 0.2) is 5.82 Å². The van der Waals surface area contributed by atoms with Gasteiger partial charge in [-0.2, -0.15) is 0 Å². The zero-order chi connectivity index (χ0) is 16.2. The zero-order valence-corrected chi connectivity index (χ0v) is 14.0. The zero-order valence-electron chi connectivity index (χ0n) is 13.2. The van der Waals surface area contributed by atoms with Crippen LogP contribution in [0.25, 0.3) is 11.3 Å². The molecule has 7 heteroatoms. The van der Waals surface area contributed by atoms with Gasteiger partial charge in [0.1, 0.15) is 5.01 Å². The second-order valence-electron chi connectivity index (χ2n) is 5.84. The van der Waals surface area contributed by atoms with Gasteiger partial charge < -0.3 is 10.2 Å². The van der Waals surface area contributed by atoms with Gasteiger partial charge in [-0.3, -0.25) is 4.98 Å². The summed E-state index contributed by atoms with van der Waals surface area (Å²) in [6.07, 6.45) is 5.38. The largest absolute Gasteiger partial charge is 0.354 e. The fourth-order valence-electron chi connectivity index (χ4n) is 2.78. The number of hydrogen-bond donors (Lipinski definition) is 1. The van der Waals surface area contributed by atoms with Crippen LogP contribution in [0.15, 0.2) is 48.2 Å². The lowest BCUT2D eigenvalue weighted by atomic mass is 10.0. The Bertz CT molecular complexity index is 754. The van der Waals surface area contributed by atoms with Gasteiger partial charge in [-0.1, -0.05) is 0 Å². The Kier molecular flexibility index (Phi) is 4.44. The van der Waals surface area contributed by atoms with Gasteiger partial charge in [-0.15, -0.1) is 21.5 Å². The van der Waals surface area contributed by atoms with E-state index in [9.17, 15) is 0 Å². The first kappa shape index (κ1) is 15.2. The van der Waals surface area contributed by atoms with E-state index in [4.69, 9.17) is 0 Å². The maximum atomic E-state index is 4.36. The van der Waals surface area contributed by atoms with Crippen LogP contribution in [-0.4, -0.2) is 39.8 Å². The highest BCUT2D eigenvalue weighted by Gasteiger charge is 2.27. The molecule has 0 bridgehead atoms. The van der Waals surface area contributed by atoms with Crippen molar-refractivity contribution >= 4 is 17.2 Å². The molecule has 1 saturated heterocycles. The Morgan fingerprint density at radius 2 is 1.96 bits per heavy atom. The van der Waals surface area contributed by atoms with Crippen LogP contribution in [0.3, 0.4) is 0 Å². The second-order valence-corrected chi connectivity index (χ2v) is 6.82. The Labute approximate surface area is 144 Å². The van der Waals surface area contributed by atoms with E-state index >= 15 is 0 Å². The highest BCUT2D eigenvalue weighted by Crippen LogP contribution is 2.23. The summed E-state index contributed by atoms with van der Waals surface area (Å²) < 4.78 is 0. The molecule has 0 radical (unpaired) electrons. The van der Waals surface area contributed by atoms with Crippen LogP contribution in [0.1, 0.15) is 5.01 Å². The molecule has 3 aromatic heterocycles. The third-order valence-electron chi connectivity index (χ3n) is 4.10. The normalized spacial score (nSPS) is 14.6. The van der Waals surface area contributed by atoms with Crippen LogP contribution in [0.4, 0.5) is 5.82 Å². The standard InChI is InChI=1S/C17H18N6S/c1-2-16(22-21-15(1)14-3-5-18-6-4-14)23-11-13(12-23)9-19-10-17-20-7-8-24-17/h1-8,13,19H,9-12H2. The highest BCUT2D eigenvalue weighted by atomic mass is 32.1. The van der Waals surface area contributed by atoms with Crippen LogP contribution < -0.4 is 10.2 Å². The van der Waals surface area contributed by atoms with Crippen molar-refractivity contribution in [2.45, 2.75) is 6.54 Å². The Morgan fingerprint density at radius 3 is 2.67 bits per heavy atom. The van der Waals surface area contributed by atoms with Crippen LogP contribution in [0.2, 0.25) is 0 Å². The Balaban J connectivity index is 1.26. The molecule has 4 heterocycles. The molecule has 4 rings (SSSR count). The summed E-state index contributed by atoms with van der Waals surface area (Å²) in [7, 11) is 0. The lowest BCUT2D eigenvalue weighted by Crippen LogP contribution is -2.51. The second kappa shape index (κ2) is 7.02. The van der Waals surface area contributed by atoms with Crippen LogP contribution in [-0.2, 0) is 6.54 Å². The molecule has 0 atom stereocenters. The van der Waals surface area contributed by atoms with Crippen molar-refractivity contribution in [1.29, 1.82) is 0 Å². The molecule has 6 nitrogen and oxygen atoms in total. The molecule has 1 N–H and O–H groups in total. The Morgan fingerprint density at radius 1 is 1.08 bits per heavy atom. The molecule has 0 unspecified atom stereocenters. The van der Waals surface area contributed by atoms with Gasteiger partial charge in [-0.25, -0.2) is 4.98 Å². The molecule has 1 aliphatic rings. The van der Waals surface area contributed by atoms with Crippen molar-refractivity contribution in [3.63, 3.8) is 0 Å². The maximum Gasteiger partial charge on any atom is 0.151 e. The van der Waals surface area contributed by atoms with Crippen LogP contribution >= 0.6 is 11.3 Å². The third kappa shape index (κ3) is 3.42. The molecule has 3 aromatic rings. The van der Waals surface area contributed by atoms with Gasteiger partial charge in [0.2, 0.25) is 0 Å². The number of rotatable bonds is 6. The molecule has 0 amide bonds. The number of anilines is 1. The third-order valence-corrected chi connectivity index (χ3v) is 4.88. The summed E-state index contributed by atoms with van der Waals surface area (Å²) in [6.45, 7) is 3.91. The molecule has 0 spiro atoms. The molecular formula is C17H18N6S. The molecule has 0 aliphatic carbocycles. The predicted octanol–water partition coefficient (Wildman–Crippen LogP) is 2.22. The van der Waals surface area contributed by atoms with Crippen molar-refractivity contribution in [3.8, 4) is 11.3 Å². The monoisotopic (exact) mass is 338 g/mol. The van der Waals surface area contributed by atoms with Gasteiger partial charge >= 0.3 is 0 Å². The lowest BCUT2D eigenvalue weighted by Gasteiger charge is -2.40. The first-order valence-corrected chi connectivity index (χ1v) is 8.84. The quantitative estimate of drug-likeness (QED) is 0.743. The summed E-state index contributed by atoms with van der Waals surface area (Å²) in [5.74, 6) is 1.61. The molecule has 0 aromatic carbocycles. The van der Waals surface area contributed by atoms with E-state index in [1.165, 1.54) is 0 Å². The molecule has 122 valence electrons. The molecular weight excluding hydrogens is 320 g/mol. The predicted molar refractivity (Wildman–Crippen MR) is 94.8 cm³/mol. The highest BCUT2D eigenvalue weighted by molar-refractivity contribution is 7.09. The molecule has 24 heavy (non-hydrogen) atoms. The minimum Gasteiger partial charge on any atom is -0.354 e. The van der Waals surface area contributed by atoms with Crippen LogP contribution in [0, 0.1) is 5.92 Å². The number of nitrogens with zero attached hydrogens (tertiary/aromatic N) is 5. The van der Waals surface area contributed by atoms with E-state index in [1.807, 2.05) is 35.8 Å². The van der Waals surface area contributed by atoms with E-state index in [0.29, 0.717) is 5.92 Å². The van der Waals surface area contributed by atoms with Crippen molar-refractivity contribution in [3.05, 3.63) is 53.2 Å². The summed E-state index contributed by atoms with van der Waals surface area (Å²) in [5.41, 5.74) is 1.92. The van der Waals surface area contributed by atoms with E-state index in [0.717, 1.165) is 48.3 Å². The number of nitrogens with one attached hydrogen (secondary N) is 1. The van der Waals surface area contributed by atoms with Gasteiger partial charge in [-0.05, 0) is 24.3 Å². The summed E-state index contributed by atoms with van der Waals surface area (Å²) in [4.78, 5) is 10.6. The SMILES string of the molecule is c1cc(-c2ccc(N3CC(CNCc4nccs4)C3)nn2)ccn1. The number of thiazole rings is 1. The molecule has 1 aliphatic heterocycles. The average molecular weight is 338 g/mol. The summed E-state index contributed by atoms with van der Waals surface area (Å²) in [5, 5.41) is 15.3. The van der Waals surface area contributed by atoms with Crippen molar-refractivity contribution < 1.29 is 0 Å². The average Bonchev–Trinajstić information content (AvgIpc) is 3.11. The summed E-state index contributed by atoms with van der Waals surface area (Å²) in [6, 6.07) is 7.95. The minimum absolute atomic E-state index is 0.659. The van der Waals surface area contributed by atoms with Crippen LogP contribution in [0.5, 0.6) is 0 Å². The minimum atomic E-state index is 0.659. The fraction of sp³-hybridized carbons (Fsp3) is 0.294. The fourth-order valence-corrected chi connectivity index (χ4v) is 3.37. The van der Waals surface area contributed by atoms with Gasteiger partial charge in [0, 0.05) is 61.6 Å². The first-order chi connectivity index (χ1) is 11.9.